The molecule has 1 amide bonds. The number of hydrogen-bond donors (Lipinski definition) is 1. The first kappa shape index (κ1) is 18.1. The molecule has 2 rings (SSSR count). The van der Waals surface area contributed by atoms with Crippen molar-refractivity contribution in [2.45, 2.75) is 6.61 Å². The summed E-state index contributed by atoms with van der Waals surface area (Å²) in [6, 6.07) is 4.91. The summed E-state index contributed by atoms with van der Waals surface area (Å²) in [5, 5.41) is 24.3. The van der Waals surface area contributed by atoms with Crippen LogP contribution in [0.5, 0.6) is 0 Å². The van der Waals surface area contributed by atoms with Crippen LogP contribution in [-0.4, -0.2) is 28.3 Å². The lowest BCUT2D eigenvalue weighted by atomic mass is 10.2. The Bertz CT molecular complexity index is 829. The first-order valence-electron chi connectivity index (χ1n) is 6.79. The molecule has 0 aliphatic heterocycles. The summed E-state index contributed by atoms with van der Waals surface area (Å²) in [5.41, 5.74) is -0.460. The fourth-order valence-electron chi connectivity index (χ4n) is 1.73. The molecule has 1 aromatic heterocycles. The van der Waals surface area contributed by atoms with Crippen LogP contribution in [0.2, 0.25) is 5.02 Å². The molecule has 0 saturated carbocycles. The molecule has 0 fully saturated rings. The lowest BCUT2D eigenvalue weighted by molar-refractivity contribution is -0.620. The minimum absolute atomic E-state index is 0.0181. The van der Waals surface area contributed by atoms with Gasteiger partial charge in [0.05, 0.1) is 11.1 Å². The highest BCUT2D eigenvalue weighted by Crippen LogP contribution is 2.24. The Balaban J connectivity index is 1.89. The first-order valence-corrected chi connectivity index (χ1v) is 7.17. The zero-order valence-corrected chi connectivity index (χ0v) is 13.3. The summed E-state index contributed by atoms with van der Waals surface area (Å²) in [4.78, 5) is 37.3. The summed E-state index contributed by atoms with van der Waals surface area (Å²) in [6.07, 6.45) is 2.57. The number of aromatic nitrogens is 2. The molecule has 0 spiro atoms. The van der Waals surface area contributed by atoms with E-state index in [1.807, 2.05) is 0 Å². The van der Waals surface area contributed by atoms with Crippen LogP contribution < -0.4 is 10.0 Å². The number of carbonyl (C=O) groups is 2. The third-order valence-corrected chi connectivity index (χ3v) is 3.27. The molecule has 1 heterocycles. The van der Waals surface area contributed by atoms with Crippen LogP contribution in [0.1, 0.15) is 16.2 Å². The summed E-state index contributed by atoms with van der Waals surface area (Å²) in [5.74, 6) is -1.54. The van der Waals surface area contributed by atoms with E-state index in [1.54, 1.807) is 0 Å². The van der Waals surface area contributed by atoms with Gasteiger partial charge in [-0.3, -0.25) is 19.7 Å². The van der Waals surface area contributed by atoms with E-state index in [0.717, 1.165) is 6.07 Å². The lowest BCUT2D eigenvalue weighted by Crippen LogP contribution is -2.35. The molecule has 11 heteroatoms. The third-order valence-electron chi connectivity index (χ3n) is 2.95. The number of nitrogens with one attached hydrogen (secondary N) is 1. The van der Waals surface area contributed by atoms with Gasteiger partial charge in [0.15, 0.2) is 6.61 Å². The van der Waals surface area contributed by atoms with Crippen molar-refractivity contribution in [2.24, 2.45) is 0 Å². The average Bonchev–Trinajstić information content (AvgIpc) is 2.59. The lowest BCUT2D eigenvalue weighted by Gasteiger charge is -2.07. The summed E-state index contributed by atoms with van der Waals surface area (Å²) in [7, 11) is 0. The third kappa shape index (κ3) is 4.85. The molecule has 0 bridgehead atoms. The molecule has 1 aromatic carbocycles. The van der Waals surface area contributed by atoms with E-state index in [-0.39, 0.29) is 23.0 Å². The molecule has 1 N–H and O–H groups in total. The molecule has 25 heavy (non-hydrogen) atoms. The maximum atomic E-state index is 11.9. The molecule has 0 aliphatic carbocycles. The van der Waals surface area contributed by atoms with Crippen LogP contribution >= 0.6 is 11.6 Å². The van der Waals surface area contributed by atoms with Gasteiger partial charge in [0, 0.05) is 17.7 Å². The number of nitrogens with zero attached hydrogens (tertiary/aromatic N) is 3. The van der Waals surface area contributed by atoms with Gasteiger partial charge in [-0.2, -0.15) is 0 Å². The largest absolute Gasteiger partial charge is 0.711 e. The van der Waals surface area contributed by atoms with E-state index in [4.69, 9.17) is 16.3 Å². The smallest absolute Gasteiger partial charge is 0.339 e. The van der Waals surface area contributed by atoms with Gasteiger partial charge in [0.1, 0.15) is 17.8 Å². The minimum atomic E-state index is -0.803. The van der Waals surface area contributed by atoms with Crippen LogP contribution in [0.3, 0.4) is 0 Å². The van der Waals surface area contributed by atoms with E-state index in [9.17, 15) is 24.9 Å². The number of amides is 1. The minimum Gasteiger partial charge on any atom is -0.711 e. The summed E-state index contributed by atoms with van der Waals surface area (Å²) < 4.78 is 5.25. The fraction of sp³-hybridized carbons (Fsp3) is 0.143. The average molecular weight is 367 g/mol. The van der Waals surface area contributed by atoms with Crippen molar-refractivity contribution in [1.82, 2.24) is 10.3 Å². The quantitative estimate of drug-likeness (QED) is 0.261. The number of esters is 1. The highest BCUT2D eigenvalue weighted by atomic mass is 35.5. The molecule has 10 nitrogen and oxygen atoms in total. The number of benzene rings is 1. The first-order chi connectivity index (χ1) is 11.9. The maximum absolute atomic E-state index is 11.9. The predicted octanol–water partition coefficient (Wildman–Crippen LogP) is 0.750. The Morgan fingerprint density at radius 3 is 2.84 bits per heavy atom. The zero-order valence-electron chi connectivity index (χ0n) is 12.5. The number of rotatable bonds is 6. The van der Waals surface area contributed by atoms with E-state index in [2.05, 4.69) is 10.3 Å². The fourth-order valence-corrected chi connectivity index (χ4v) is 1.92. The number of carbonyl (C=O) groups excluding carboxylic acids is 2. The monoisotopic (exact) mass is 366 g/mol. The van der Waals surface area contributed by atoms with Gasteiger partial charge in [0.2, 0.25) is 0 Å². The molecule has 2 aromatic rings. The highest BCUT2D eigenvalue weighted by Gasteiger charge is 2.17. The Hall–Kier alpha value is -3.27. The van der Waals surface area contributed by atoms with Gasteiger partial charge in [-0.05, 0) is 17.1 Å². The molecule has 0 atom stereocenters. The second kappa shape index (κ2) is 8.02. The molecule has 130 valence electrons. The second-order valence-electron chi connectivity index (χ2n) is 4.63. The predicted molar refractivity (Wildman–Crippen MR) is 83.4 cm³/mol. The van der Waals surface area contributed by atoms with Crippen molar-refractivity contribution in [2.75, 3.05) is 6.54 Å². The van der Waals surface area contributed by atoms with Crippen LogP contribution in [-0.2, 0) is 16.1 Å². The van der Waals surface area contributed by atoms with Crippen molar-refractivity contribution in [3.05, 3.63) is 68.4 Å². The molecule has 0 unspecified atom stereocenters. The standard InChI is InChI=1S/C14H11ClN4O6/c15-10-3-2-9(6-11(10)19(23)24)14(21)17-7-13(20)25-8-12-16-4-1-5-18(12)22/h1-6H,7-8H2,(H,17,21). The van der Waals surface area contributed by atoms with Crippen molar-refractivity contribution < 1.29 is 24.0 Å². The zero-order chi connectivity index (χ0) is 18.4. The normalized spacial score (nSPS) is 10.1. The summed E-state index contributed by atoms with van der Waals surface area (Å²) in [6.45, 7) is -0.841. The molecule has 0 aliphatic rings. The number of nitro groups is 1. The van der Waals surface area contributed by atoms with Crippen molar-refractivity contribution in [3.63, 3.8) is 0 Å². The van der Waals surface area contributed by atoms with Crippen molar-refractivity contribution >= 4 is 29.2 Å². The van der Waals surface area contributed by atoms with E-state index < -0.39 is 29.0 Å². The van der Waals surface area contributed by atoms with Crippen LogP contribution in [0.4, 0.5) is 5.69 Å². The van der Waals surface area contributed by atoms with Gasteiger partial charge in [-0.1, -0.05) is 11.6 Å². The van der Waals surface area contributed by atoms with Gasteiger partial charge in [-0.15, -0.1) is 0 Å². The van der Waals surface area contributed by atoms with Gasteiger partial charge in [-0.25, -0.2) is 4.73 Å². The number of nitro benzene ring substituents is 1. The molecular formula is C14H11ClN4O6. The van der Waals surface area contributed by atoms with E-state index in [0.29, 0.717) is 4.73 Å². The van der Waals surface area contributed by atoms with Crippen LogP contribution in [0.15, 0.2) is 36.7 Å². The maximum Gasteiger partial charge on any atom is 0.339 e. The Labute approximate surface area is 145 Å². The Morgan fingerprint density at radius 2 is 2.16 bits per heavy atom. The number of halogens is 1. The summed E-state index contributed by atoms with van der Waals surface area (Å²) >= 11 is 5.65. The SMILES string of the molecule is O=C(CNC(=O)c1ccc(Cl)c([N+](=O)[O-])c1)OCc1nccc[n+]1[O-]. The highest BCUT2D eigenvalue weighted by molar-refractivity contribution is 6.32. The van der Waals surface area contributed by atoms with Crippen molar-refractivity contribution in [3.8, 4) is 0 Å². The van der Waals surface area contributed by atoms with Gasteiger partial charge < -0.3 is 15.3 Å². The Kier molecular flexibility index (Phi) is 5.79. The molecule has 0 saturated heterocycles. The van der Waals surface area contributed by atoms with Gasteiger partial charge >= 0.3 is 11.8 Å². The second-order valence-corrected chi connectivity index (χ2v) is 5.04. The molecule has 0 radical (unpaired) electrons. The number of hydrogen-bond acceptors (Lipinski definition) is 7. The molecular weight excluding hydrogens is 356 g/mol. The van der Waals surface area contributed by atoms with E-state index >= 15 is 0 Å². The Morgan fingerprint density at radius 1 is 1.40 bits per heavy atom. The van der Waals surface area contributed by atoms with Gasteiger partial charge in [0.25, 0.3) is 11.6 Å². The van der Waals surface area contributed by atoms with Crippen LogP contribution in [0, 0.1) is 15.3 Å². The topological polar surface area (TPSA) is 138 Å². The van der Waals surface area contributed by atoms with Crippen molar-refractivity contribution in [1.29, 1.82) is 0 Å². The number of ether oxygens (including phenoxy) is 1. The van der Waals surface area contributed by atoms with E-state index in [1.165, 1.54) is 30.6 Å². The van der Waals surface area contributed by atoms with Crippen LogP contribution in [0.25, 0.3) is 0 Å².